The summed E-state index contributed by atoms with van der Waals surface area (Å²) in [7, 11) is 0. The van der Waals surface area contributed by atoms with Crippen molar-refractivity contribution in [3.05, 3.63) is 64.2 Å². The molecule has 1 atom stereocenters. The molecular formula is C20H15ClF3N3O3. The van der Waals surface area contributed by atoms with E-state index in [1.807, 2.05) is 0 Å². The zero-order valence-corrected chi connectivity index (χ0v) is 16.1. The van der Waals surface area contributed by atoms with Crippen LogP contribution in [-0.4, -0.2) is 34.4 Å². The molecule has 1 aliphatic heterocycles. The molecule has 2 aromatic rings. The highest BCUT2D eigenvalue weighted by Gasteiger charge is 2.53. The molecule has 6 nitrogen and oxygen atoms in total. The number of anilines is 1. The fourth-order valence-corrected chi connectivity index (χ4v) is 3.96. The molecule has 2 aromatic carbocycles. The highest BCUT2D eigenvalue weighted by Crippen LogP contribution is 2.42. The van der Waals surface area contributed by atoms with Crippen LogP contribution < -0.4 is 5.32 Å². The lowest BCUT2D eigenvalue weighted by atomic mass is 9.70. The summed E-state index contributed by atoms with van der Waals surface area (Å²) in [6.45, 7) is -0.174. The number of fused-ring (bicyclic) bond motifs is 3. The number of halogens is 4. The Bertz CT molecular complexity index is 1070. The van der Waals surface area contributed by atoms with Crippen molar-refractivity contribution >= 4 is 35.0 Å². The molecule has 0 spiro atoms. The van der Waals surface area contributed by atoms with Crippen LogP contribution in [0.25, 0.3) is 0 Å². The van der Waals surface area contributed by atoms with Crippen LogP contribution in [0.5, 0.6) is 0 Å². The van der Waals surface area contributed by atoms with Gasteiger partial charge in [-0.05, 0) is 54.8 Å². The van der Waals surface area contributed by atoms with E-state index in [4.69, 9.17) is 11.6 Å². The number of rotatable bonds is 2. The highest BCUT2D eigenvalue weighted by molar-refractivity contribution is 6.31. The van der Waals surface area contributed by atoms with Crippen LogP contribution in [0.4, 0.5) is 23.7 Å². The summed E-state index contributed by atoms with van der Waals surface area (Å²) in [4.78, 5) is 24.8. The van der Waals surface area contributed by atoms with Gasteiger partial charge in [-0.25, -0.2) is 9.80 Å². The van der Waals surface area contributed by atoms with Crippen molar-refractivity contribution < 1.29 is 27.9 Å². The molecular weight excluding hydrogens is 423 g/mol. The molecule has 1 unspecified atom stereocenters. The number of amides is 2. The van der Waals surface area contributed by atoms with Gasteiger partial charge in [-0.3, -0.25) is 4.79 Å². The molecule has 0 bridgehead atoms. The molecule has 2 aliphatic rings. The van der Waals surface area contributed by atoms with E-state index in [0.29, 0.717) is 17.0 Å². The van der Waals surface area contributed by atoms with Gasteiger partial charge in [-0.15, -0.1) is 0 Å². The van der Waals surface area contributed by atoms with Crippen molar-refractivity contribution in [3.63, 3.8) is 0 Å². The Kier molecular flexibility index (Phi) is 4.73. The van der Waals surface area contributed by atoms with Gasteiger partial charge in [0.25, 0.3) is 0 Å². The molecule has 1 aliphatic carbocycles. The Labute approximate surface area is 173 Å². The van der Waals surface area contributed by atoms with Crippen LogP contribution in [0.2, 0.25) is 5.02 Å². The number of aryl methyl sites for hydroxylation is 1. The molecule has 1 heterocycles. The van der Waals surface area contributed by atoms with Crippen molar-refractivity contribution in [1.29, 1.82) is 0 Å². The summed E-state index contributed by atoms with van der Waals surface area (Å²) >= 11 is 6.02. The Balaban J connectivity index is 1.61. The van der Waals surface area contributed by atoms with E-state index in [1.165, 1.54) is 0 Å². The molecule has 0 aromatic heterocycles. The number of hydrogen-bond acceptors (Lipinski definition) is 3. The lowest BCUT2D eigenvalue weighted by molar-refractivity contribution is -0.145. The quantitative estimate of drug-likeness (QED) is 0.718. The van der Waals surface area contributed by atoms with Gasteiger partial charge in [0.1, 0.15) is 5.41 Å². The standard InChI is InChI=1S/C20H15ClF3N3O3/c21-13-3-6-15-11(9-13)7-8-19(17(28)29)10-27(26-16(15)19)18(30)25-14-4-1-12(2-5-14)20(22,23)24/h1-6,9H,7-8,10H2,(H,25,30)(H,28,29). The second-order valence-corrected chi connectivity index (χ2v) is 7.64. The predicted molar refractivity (Wildman–Crippen MR) is 104 cm³/mol. The van der Waals surface area contributed by atoms with Crippen molar-refractivity contribution in [2.24, 2.45) is 10.5 Å². The first kappa shape index (κ1) is 20.2. The van der Waals surface area contributed by atoms with E-state index in [1.54, 1.807) is 18.2 Å². The van der Waals surface area contributed by atoms with Crippen LogP contribution in [0, 0.1) is 5.41 Å². The maximum absolute atomic E-state index is 12.7. The van der Waals surface area contributed by atoms with E-state index in [-0.39, 0.29) is 24.4 Å². The van der Waals surface area contributed by atoms with Gasteiger partial charge in [-0.2, -0.15) is 18.3 Å². The first-order valence-corrected chi connectivity index (χ1v) is 9.35. The predicted octanol–water partition coefficient (Wildman–Crippen LogP) is 4.63. The number of urea groups is 1. The van der Waals surface area contributed by atoms with Crippen molar-refractivity contribution in [3.8, 4) is 0 Å². The van der Waals surface area contributed by atoms with E-state index < -0.39 is 29.2 Å². The zero-order chi connectivity index (χ0) is 21.7. The van der Waals surface area contributed by atoms with E-state index in [0.717, 1.165) is 34.8 Å². The van der Waals surface area contributed by atoms with Crippen molar-refractivity contribution in [1.82, 2.24) is 5.01 Å². The minimum atomic E-state index is -4.48. The third-order valence-electron chi connectivity index (χ3n) is 5.34. The van der Waals surface area contributed by atoms with Crippen molar-refractivity contribution in [2.45, 2.75) is 19.0 Å². The second kappa shape index (κ2) is 7.02. The molecule has 156 valence electrons. The minimum Gasteiger partial charge on any atom is -0.480 e. The number of aliphatic carboxylic acids is 1. The smallest absolute Gasteiger partial charge is 0.416 e. The number of hydrazone groups is 1. The summed E-state index contributed by atoms with van der Waals surface area (Å²) in [5, 5.41) is 18.2. The number of benzene rings is 2. The number of nitrogens with one attached hydrogen (secondary N) is 1. The van der Waals surface area contributed by atoms with Crippen LogP contribution >= 0.6 is 11.6 Å². The van der Waals surface area contributed by atoms with E-state index in [9.17, 15) is 27.9 Å². The maximum atomic E-state index is 12.7. The third-order valence-corrected chi connectivity index (χ3v) is 5.58. The lowest BCUT2D eigenvalue weighted by Crippen LogP contribution is -2.46. The van der Waals surface area contributed by atoms with Gasteiger partial charge < -0.3 is 10.4 Å². The summed E-state index contributed by atoms with van der Waals surface area (Å²) < 4.78 is 38.1. The zero-order valence-electron chi connectivity index (χ0n) is 15.3. The number of carboxylic acid groups (broad SMARTS) is 1. The molecule has 0 saturated carbocycles. The third kappa shape index (κ3) is 3.39. The molecule has 2 N–H and O–H groups in total. The average Bonchev–Trinajstić information content (AvgIpc) is 3.09. The summed E-state index contributed by atoms with van der Waals surface area (Å²) in [5.41, 5.74) is -0.303. The monoisotopic (exact) mass is 437 g/mol. The lowest BCUT2D eigenvalue weighted by Gasteiger charge is -2.31. The normalized spacial score (nSPS) is 20.3. The Morgan fingerprint density at radius 2 is 1.87 bits per heavy atom. The number of carbonyl (C=O) groups excluding carboxylic acids is 1. The number of alkyl halides is 3. The molecule has 2 amide bonds. The van der Waals surface area contributed by atoms with Gasteiger partial charge >= 0.3 is 18.2 Å². The highest BCUT2D eigenvalue weighted by atomic mass is 35.5. The fraction of sp³-hybridized carbons (Fsp3) is 0.250. The van der Waals surface area contributed by atoms with Gasteiger partial charge in [0, 0.05) is 16.3 Å². The first-order chi connectivity index (χ1) is 14.1. The SMILES string of the molecule is O=C(Nc1ccc(C(F)(F)F)cc1)N1CC2(C(=O)O)CCc3cc(Cl)ccc3C2=N1. The van der Waals surface area contributed by atoms with Gasteiger partial charge in [0.05, 0.1) is 17.8 Å². The van der Waals surface area contributed by atoms with Crippen molar-refractivity contribution in [2.75, 3.05) is 11.9 Å². The Morgan fingerprint density at radius 3 is 2.50 bits per heavy atom. The largest absolute Gasteiger partial charge is 0.480 e. The molecule has 0 saturated heterocycles. The fourth-order valence-electron chi connectivity index (χ4n) is 3.76. The first-order valence-electron chi connectivity index (χ1n) is 8.97. The van der Waals surface area contributed by atoms with Gasteiger partial charge in [0.15, 0.2) is 0 Å². The summed E-state index contributed by atoms with van der Waals surface area (Å²) in [6, 6.07) is 8.29. The van der Waals surface area contributed by atoms with Gasteiger partial charge in [0.2, 0.25) is 0 Å². The van der Waals surface area contributed by atoms with E-state index in [2.05, 4.69) is 10.4 Å². The molecule has 4 rings (SSSR count). The molecule has 0 fully saturated rings. The van der Waals surface area contributed by atoms with Crippen LogP contribution in [0.15, 0.2) is 47.6 Å². The summed E-state index contributed by atoms with van der Waals surface area (Å²) in [5.74, 6) is -1.09. The maximum Gasteiger partial charge on any atom is 0.416 e. The molecule has 30 heavy (non-hydrogen) atoms. The topological polar surface area (TPSA) is 82.0 Å². The molecule has 0 radical (unpaired) electrons. The number of carbonyl (C=O) groups is 2. The van der Waals surface area contributed by atoms with E-state index >= 15 is 0 Å². The number of nitrogens with zero attached hydrogens (tertiary/aromatic N) is 2. The number of hydrogen-bond donors (Lipinski definition) is 2. The molecule has 10 heteroatoms. The number of carboxylic acids is 1. The van der Waals surface area contributed by atoms with Crippen LogP contribution in [0.3, 0.4) is 0 Å². The second-order valence-electron chi connectivity index (χ2n) is 7.20. The van der Waals surface area contributed by atoms with Crippen LogP contribution in [-0.2, 0) is 17.4 Å². The van der Waals surface area contributed by atoms with Gasteiger partial charge in [-0.1, -0.05) is 17.7 Å². The minimum absolute atomic E-state index is 0.139. The average molecular weight is 438 g/mol. The Hall–Kier alpha value is -3.07. The Morgan fingerprint density at radius 1 is 1.17 bits per heavy atom. The summed E-state index contributed by atoms with van der Waals surface area (Å²) in [6.07, 6.45) is -3.77. The van der Waals surface area contributed by atoms with Crippen LogP contribution in [0.1, 0.15) is 23.1 Å².